The van der Waals surface area contributed by atoms with Crippen molar-refractivity contribution >= 4 is 23.4 Å². The monoisotopic (exact) mass is 521 g/mol. The highest BCUT2D eigenvalue weighted by molar-refractivity contribution is 6.03. The van der Waals surface area contributed by atoms with Gasteiger partial charge in [0.25, 0.3) is 0 Å². The molecule has 8 heteroatoms. The van der Waals surface area contributed by atoms with Gasteiger partial charge in [0.15, 0.2) is 0 Å². The van der Waals surface area contributed by atoms with Crippen LogP contribution in [0.4, 0.5) is 5.69 Å². The summed E-state index contributed by atoms with van der Waals surface area (Å²) in [5.74, 6) is -1.91. The first-order valence-corrected chi connectivity index (χ1v) is 14.1. The van der Waals surface area contributed by atoms with E-state index in [-0.39, 0.29) is 24.3 Å². The highest BCUT2D eigenvalue weighted by Gasteiger charge is 2.71. The first kappa shape index (κ1) is 26.6. The molecule has 0 aliphatic carbocycles. The summed E-state index contributed by atoms with van der Waals surface area (Å²) < 4.78 is 6.70. The van der Waals surface area contributed by atoms with Crippen molar-refractivity contribution < 1.29 is 24.2 Å². The maximum atomic E-state index is 14.2. The van der Waals surface area contributed by atoms with Crippen molar-refractivity contribution in [3.63, 3.8) is 0 Å². The van der Waals surface area contributed by atoms with Gasteiger partial charge < -0.3 is 24.5 Å². The predicted molar refractivity (Wildman–Crippen MR) is 144 cm³/mol. The highest BCUT2D eigenvalue weighted by Crippen LogP contribution is 2.53. The molecular weight excluding hydrogens is 482 g/mol. The lowest BCUT2D eigenvalue weighted by molar-refractivity contribution is -0.147. The van der Waals surface area contributed by atoms with Crippen molar-refractivity contribution in [1.29, 1.82) is 0 Å². The van der Waals surface area contributed by atoms with Crippen LogP contribution >= 0.6 is 0 Å². The lowest BCUT2D eigenvalue weighted by Crippen LogP contribution is -2.55. The van der Waals surface area contributed by atoms with Gasteiger partial charge in [-0.15, -0.1) is 0 Å². The van der Waals surface area contributed by atoms with E-state index in [9.17, 15) is 19.5 Å². The van der Waals surface area contributed by atoms with Crippen LogP contribution in [0.2, 0.25) is 0 Å². The number of benzene rings is 1. The van der Waals surface area contributed by atoms with E-state index in [0.29, 0.717) is 39.0 Å². The topological polar surface area (TPSA) is 90.4 Å². The molecule has 4 heterocycles. The Morgan fingerprint density at radius 1 is 0.921 bits per heavy atom. The molecule has 5 atom stereocenters. The summed E-state index contributed by atoms with van der Waals surface area (Å²) in [5, 5.41) is 9.23. The number of carbonyl (C=O) groups excluding carboxylic acids is 3. The summed E-state index contributed by atoms with van der Waals surface area (Å²) >= 11 is 0. The zero-order valence-electron chi connectivity index (χ0n) is 22.2. The molecule has 1 N–H and O–H groups in total. The van der Waals surface area contributed by atoms with Gasteiger partial charge in [-0.3, -0.25) is 14.4 Å². The third-order valence-corrected chi connectivity index (χ3v) is 8.40. The molecule has 0 bridgehead atoms. The van der Waals surface area contributed by atoms with Gasteiger partial charge >= 0.3 is 0 Å². The summed E-state index contributed by atoms with van der Waals surface area (Å²) in [7, 11) is 0. The molecule has 2 saturated heterocycles. The molecule has 1 spiro atoms. The molecule has 38 heavy (non-hydrogen) atoms. The van der Waals surface area contributed by atoms with Gasteiger partial charge in [-0.25, -0.2) is 0 Å². The maximum Gasteiger partial charge on any atom is 0.249 e. The van der Waals surface area contributed by atoms with E-state index in [1.807, 2.05) is 59.5 Å². The molecule has 0 radical (unpaired) electrons. The number of rotatable bonds is 10. The smallest absolute Gasteiger partial charge is 0.249 e. The summed E-state index contributed by atoms with van der Waals surface area (Å²) in [6.45, 7) is 4.14. The number of fused-ring (bicyclic) bond motifs is 2. The van der Waals surface area contributed by atoms with Crippen LogP contribution in [0, 0.1) is 11.8 Å². The van der Waals surface area contributed by atoms with Crippen LogP contribution < -0.4 is 4.90 Å². The van der Waals surface area contributed by atoms with Crippen LogP contribution in [-0.4, -0.2) is 83.2 Å². The molecule has 1 aromatic rings. The summed E-state index contributed by atoms with van der Waals surface area (Å²) in [6.07, 6.45) is 12.2. The standard InChI is InChI=1S/C30H39N3O5/c1-2-3-8-17-31-18-12-16-30-25(28(36)33(26(30)29(31)37)19-9-5-10-21-34)24-23(38-30)15-11-20-32(27(24)35)22-13-6-4-7-14-22/h4,6-7,11-16,23-26,34H,2-3,5,8-10,17-21H2,1H3/t23-,24+,25+,26?,30+/m1/s1. The number of hydrogen-bond donors (Lipinski definition) is 1. The minimum absolute atomic E-state index is 0.0971. The number of likely N-dealkylation sites (tertiary alicyclic amines) is 1. The van der Waals surface area contributed by atoms with Crippen molar-refractivity contribution in [3.8, 4) is 0 Å². The Bertz CT molecular complexity index is 1090. The molecule has 4 aliphatic rings. The van der Waals surface area contributed by atoms with E-state index >= 15 is 0 Å². The first-order valence-electron chi connectivity index (χ1n) is 14.1. The van der Waals surface area contributed by atoms with E-state index in [1.54, 1.807) is 9.80 Å². The van der Waals surface area contributed by atoms with Crippen molar-refractivity contribution in [2.45, 2.75) is 63.2 Å². The lowest BCUT2D eigenvalue weighted by Gasteiger charge is -2.35. The van der Waals surface area contributed by atoms with Crippen molar-refractivity contribution in [1.82, 2.24) is 9.80 Å². The molecular formula is C30H39N3O5. The summed E-state index contributed by atoms with van der Waals surface area (Å²) in [5.41, 5.74) is -0.402. The predicted octanol–water partition coefficient (Wildman–Crippen LogP) is 2.92. The normalized spacial score (nSPS) is 30.4. The zero-order valence-corrected chi connectivity index (χ0v) is 22.2. The Hall–Kier alpha value is -2.97. The Kier molecular flexibility index (Phi) is 8.00. The molecule has 204 valence electrons. The number of carbonyl (C=O) groups is 3. The third-order valence-electron chi connectivity index (χ3n) is 8.40. The van der Waals surface area contributed by atoms with E-state index in [1.165, 1.54) is 0 Å². The second kappa shape index (κ2) is 11.4. The Morgan fingerprint density at radius 2 is 1.71 bits per heavy atom. The molecule has 8 nitrogen and oxygen atoms in total. The van der Waals surface area contributed by atoms with Gasteiger partial charge in [0.1, 0.15) is 11.6 Å². The van der Waals surface area contributed by atoms with E-state index in [4.69, 9.17) is 4.74 Å². The number of hydrogen-bond acceptors (Lipinski definition) is 5. The van der Waals surface area contributed by atoms with Gasteiger partial charge in [0, 0.05) is 38.5 Å². The Balaban J connectivity index is 1.51. The van der Waals surface area contributed by atoms with Crippen molar-refractivity contribution in [2.24, 2.45) is 11.8 Å². The van der Waals surface area contributed by atoms with Gasteiger partial charge in [-0.1, -0.05) is 62.3 Å². The fraction of sp³-hybridized carbons (Fsp3) is 0.567. The van der Waals surface area contributed by atoms with Crippen LogP contribution in [0.5, 0.6) is 0 Å². The maximum absolute atomic E-state index is 14.2. The number of unbranched alkanes of at least 4 members (excludes halogenated alkanes) is 4. The summed E-state index contributed by atoms with van der Waals surface area (Å²) in [6, 6.07) is 8.69. The third kappa shape index (κ3) is 4.58. The highest BCUT2D eigenvalue weighted by atomic mass is 16.5. The Morgan fingerprint density at radius 3 is 2.47 bits per heavy atom. The Labute approximate surface area is 224 Å². The number of anilines is 1. The fourth-order valence-electron chi connectivity index (χ4n) is 6.59. The number of aliphatic hydroxyl groups excluding tert-OH is 1. The molecule has 3 amide bonds. The van der Waals surface area contributed by atoms with Gasteiger partial charge in [-0.05, 0) is 37.8 Å². The van der Waals surface area contributed by atoms with Crippen LogP contribution in [0.15, 0.2) is 54.6 Å². The largest absolute Gasteiger partial charge is 0.396 e. The van der Waals surface area contributed by atoms with Crippen LogP contribution in [0.25, 0.3) is 0 Å². The fourth-order valence-corrected chi connectivity index (χ4v) is 6.59. The molecule has 0 aromatic heterocycles. The number of aliphatic hydroxyl groups is 1. The van der Waals surface area contributed by atoms with Gasteiger partial charge in [0.2, 0.25) is 17.7 Å². The first-order chi connectivity index (χ1) is 18.5. The molecule has 4 aliphatic heterocycles. The minimum Gasteiger partial charge on any atom is -0.396 e. The minimum atomic E-state index is -1.18. The second-order valence-corrected chi connectivity index (χ2v) is 10.8. The van der Waals surface area contributed by atoms with E-state index in [0.717, 1.165) is 31.4 Å². The zero-order chi connectivity index (χ0) is 26.7. The second-order valence-electron chi connectivity index (χ2n) is 10.8. The van der Waals surface area contributed by atoms with Crippen LogP contribution in [-0.2, 0) is 19.1 Å². The molecule has 1 unspecified atom stereocenters. The van der Waals surface area contributed by atoms with Gasteiger partial charge in [-0.2, -0.15) is 0 Å². The number of nitrogens with zero attached hydrogens (tertiary/aromatic N) is 3. The quantitative estimate of drug-likeness (QED) is 0.378. The summed E-state index contributed by atoms with van der Waals surface area (Å²) in [4.78, 5) is 47.6. The number of ether oxygens (including phenoxy) is 1. The van der Waals surface area contributed by atoms with Crippen molar-refractivity contribution in [3.05, 3.63) is 54.6 Å². The lowest BCUT2D eigenvalue weighted by atomic mass is 9.77. The van der Waals surface area contributed by atoms with Crippen molar-refractivity contribution in [2.75, 3.05) is 37.7 Å². The van der Waals surface area contributed by atoms with E-state index in [2.05, 4.69) is 6.92 Å². The van der Waals surface area contributed by atoms with Gasteiger partial charge in [0.05, 0.1) is 17.9 Å². The average molecular weight is 522 g/mol. The van der Waals surface area contributed by atoms with E-state index < -0.39 is 29.6 Å². The molecule has 2 fully saturated rings. The number of para-hydroxylation sites is 1. The molecule has 0 saturated carbocycles. The molecule has 5 rings (SSSR count). The molecule has 1 aromatic carbocycles. The van der Waals surface area contributed by atoms with Crippen LogP contribution in [0.1, 0.15) is 45.4 Å². The average Bonchev–Trinajstić information content (AvgIpc) is 3.24. The SMILES string of the molecule is CCCCCN1CC=C[C@]23O[C@@H]4C=CCN(c5ccccc5)C(=O)[C@@H]4[C@H]2C(=O)N(CCCCCO)C3C1=O. The number of amides is 3. The van der Waals surface area contributed by atoms with Crippen LogP contribution in [0.3, 0.4) is 0 Å².